The molecule has 0 bridgehead atoms. The number of nitrogens with one attached hydrogen (secondary N) is 1. The van der Waals surface area contributed by atoms with Gasteiger partial charge in [0.15, 0.2) is 0 Å². The molecule has 6 heteroatoms. The van der Waals surface area contributed by atoms with Crippen LogP contribution in [0.2, 0.25) is 5.02 Å². The molecule has 3 rings (SSSR count). The van der Waals surface area contributed by atoms with Crippen molar-refractivity contribution in [2.75, 3.05) is 5.01 Å². The zero-order valence-corrected chi connectivity index (χ0v) is 15.3. The number of hydrogen-bond acceptors (Lipinski definition) is 2. The molecule has 1 heterocycles. The summed E-state index contributed by atoms with van der Waals surface area (Å²) in [4.78, 5) is 24.5. The Labute approximate surface area is 157 Å². The van der Waals surface area contributed by atoms with Crippen LogP contribution in [0.15, 0.2) is 66.3 Å². The molecule has 0 atom stereocenters. The summed E-state index contributed by atoms with van der Waals surface area (Å²) in [5, 5.41) is 1.85. The lowest BCUT2D eigenvalue weighted by molar-refractivity contribution is -0.117. The Bertz CT molecular complexity index is 860. The maximum Gasteiger partial charge on any atom is 0.282 e. The molecule has 4 nitrogen and oxygen atoms in total. The van der Waals surface area contributed by atoms with Crippen molar-refractivity contribution in [3.8, 4) is 0 Å². The van der Waals surface area contributed by atoms with Gasteiger partial charge in [0.1, 0.15) is 5.57 Å². The number of anilines is 1. The van der Waals surface area contributed by atoms with Crippen molar-refractivity contribution in [3.05, 3.63) is 80.4 Å². The average molecular weight is 451 g/mol. The van der Waals surface area contributed by atoms with E-state index in [9.17, 15) is 9.59 Å². The van der Waals surface area contributed by atoms with E-state index < -0.39 is 5.91 Å². The van der Waals surface area contributed by atoms with Gasteiger partial charge in [0, 0.05) is 8.59 Å². The third-order valence-electron chi connectivity index (χ3n) is 3.42. The van der Waals surface area contributed by atoms with Crippen LogP contribution in [0, 0.1) is 3.57 Å². The molecule has 0 saturated carbocycles. The third-order valence-corrected chi connectivity index (χ3v) is 4.48. The molecule has 120 valence electrons. The van der Waals surface area contributed by atoms with Crippen LogP contribution >= 0.6 is 34.2 Å². The first kappa shape index (κ1) is 16.7. The van der Waals surface area contributed by atoms with Crippen LogP contribution in [0.1, 0.15) is 5.56 Å². The molecule has 1 aliphatic heterocycles. The second-order valence-electron chi connectivity index (χ2n) is 5.02. The molecule has 1 fully saturated rings. The molecule has 24 heavy (non-hydrogen) atoms. The van der Waals surface area contributed by atoms with Gasteiger partial charge in [-0.25, -0.2) is 5.01 Å². The van der Waals surface area contributed by atoms with Gasteiger partial charge in [0.2, 0.25) is 0 Å². The molecule has 1 N–H and O–H groups in total. The molecule has 1 aliphatic rings. The lowest BCUT2D eigenvalue weighted by Gasteiger charge is -2.14. The predicted molar refractivity (Wildman–Crippen MR) is 103 cm³/mol. The van der Waals surface area contributed by atoms with Gasteiger partial charge in [-0.1, -0.05) is 42.0 Å². The highest BCUT2D eigenvalue weighted by molar-refractivity contribution is 14.1. The number of carbonyl (C=O) groups excluding carboxylic acids is 2. The van der Waals surface area contributed by atoms with Crippen LogP contribution in [0.4, 0.5) is 5.69 Å². The topological polar surface area (TPSA) is 49.4 Å². The molecule has 0 spiro atoms. The molecular weight excluding hydrogens is 439 g/mol. The summed E-state index contributed by atoms with van der Waals surface area (Å²) in [6.07, 6.45) is 4.89. The number of hydrazine groups is 1. The SMILES string of the molecule is O=C1NN(c2ccc(I)cc2)C(=O)C1=CC=Cc1ccccc1Cl. The van der Waals surface area contributed by atoms with Crippen molar-refractivity contribution in [3.63, 3.8) is 0 Å². The van der Waals surface area contributed by atoms with Crippen LogP contribution in [-0.2, 0) is 9.59 Å². The summed E-state index contributed by atoms with van der Waals surface area (Å²) >= 11 is 8.24. The molecule has 2 aromatic rings. The molecule has 0 aliphatic carbocycles. The second-order valence-corrected chi connectivity index (χ2v) is 6.67. The van der Waals surface area contributed by atoms with Gasteiger partial charge in [0.05, 0.1) is 5.69 Å². The van der Waals surface area contributed by atoms with Gasteiger partial charge in [-0.05, 0) is 64.6 Å². The van der Waals surface area contributed by atoms with Gasteiger partial charge in [-0.2, -0.15) is 0 Å². The van der Waals surface area contributed by atoms with E-state index in [4.69, 9.17) is 11.6 Å². The highest BCUT2D eigenvalue weighted by Crippen LogP contribution is 2.21. The minimum absolute atomic E-state index is 0.0804. The molecule has 1 saturated heterocycles. The lowest BCUT2D eigenvalue weighted by Crippen LogP contribution is -2.35. The van der Waals surface area contributed by atoms with Crippen molar-refractivity contribution >= 4 is 57.8 Å². The summed E-state index contributed by atoms with van der Waals surface area (Å²) in [6.45, 7) is 0. The number of rotatable bonds is 3. The lowest BCUT2D eigenvalue weighted by atomic mass is 10.2. The number of benzene rings is 2. The fraction of sp³-hybridized carbons (Fsp3) is 0. The van der Waals surface area contributed by atoms with Gasteiger partial charge < -0.3 is 0 Å². The zero-order valence-electron chi connectivity index (χ0n) is 12.4. The molecule has 2 amide bonds. The van der Waals surface area contributed by atoms with E-state index in [1.54, 1.807) is 30.4 Å². The minimum atomic E-state index is -0.428. The second kappa shape index (κ2) is 7.19. The van der Waals surface area contributed by atoms with E-state index in [0.29, 0.717) is 10.7 Å². The van der Waals surface area contributed by atoms with Gasteiger partial charge in [-0.15, -0.1) is 0 Å². The summed E-state index contributed by atoms with van der Waals surface area (Å²) in [5.41, 5.74) is 4.08. The van der Waals surface area contributed by atoms with Crippen LogP contribution in [0.3, 0.4) is 0 Å². The Balaban J connectivity index is 1.81. The number of carbonyl (C=O) groups is 2. The quantitative estimate of drug-likeness (QED) is 0.437. The first-order valence-corrected chi connectivity index (χ1v) is 8.56. The number of nitrogens with zero attached hydrogens (tertiary/aromatic N) is 1. The minimum Gasteiger partial charge on any atom is -0.267 e. The van der Waals surface area contributed by atoms with Crippen molar-refractivity contribution in [2.45, 2.75) is 0 Å². The highest BCUT2D eigenvalue weighted by atomic mass is 127. The number of allylic oxidation sites excluding steroid dienone is 2. The van der Waals surface area contributed by atoms with E-state index in [2.05, 4.69) is 28.0 Å². The molecule has 2 aromatic carbocycles. The molecule has 0 aromatic heterocycles. The van der Waals surface area contributed by atoms with Gasteiger partial charge in [0.25, 0.3) is 11.8 Å². The van der Waals surface area contributed by atoms with Crippen LogP contribution in [-0.4, -0.2) is 11.8 Å². The van der Waals surface area contributed by atoms with Crippen molar-refractivity contribution in [1.82, 2.24) is 5.43 Å². The maximum atomic E-state index is 12.4. The van der Waals surface area contributed by atoms with E-state index in [-0.39, 0.29) is 11.5 Å². The Morgan fingerprint density at radius 3 is 2.46 bits per heavy atom. The van der Waals surface area contributed by atoms with Crippen molar-refractivity contribution in [2.24, 2.45) is 0 Å². The summed E-state index contributed by atoms with van der Waals surface area (Å²) in [7, 11) is 0. The Morgan fingerprint density at radius 1 is 1.04 bits per heavy atom. The zero-order chi connectivity index (χ0) is 17.1. The van der Waals surface area contributed by atoms with E-state index in [0.717, 1.165) is 9.13 Å². The largest absolute Gasteiger partial charge is 0.282 e. The van der Waals surface area contributed by atoms with Crippen molar-refractivity contribution in [1.29, 1.82) is 0 Å². The first-order chi connectivity index (χ1) is 11.6. The predicted octanol–water partition coefficient (Wildman–Crippen LogP) is 3.96. The monoisotopic (exact) mass is 450 g/mol. The van der Waals surface area contributed by atoms with Crippen LogP contribution in [0.5, 0.6) is 0 Å². The Hall–Kier alpha value is -2.12. The standard InChI is InChI=1S/C18H12ClIN2O2/c19-16-7-2-1-4-12(16)5-3-6-15-17(23)21-22(18(15)24)14-10-8-13(20)9-11-14/h1-11H,(H,21,23). The van der Waals surface area contributed by atoms with Gasteiger partial charge in [-0.3, -0.25) is 15.0 Å². The van der Waals surface area contributed by atoms with Gasteiger partial charge >= 0.3 is 0 Å². The molecule has 0 unspecified atom stereocenters. The molecular formula is C18H12ClIN2O2. The van der Waals surface area contributed by atoms with Crippen LogP contribution in [0.25, 0.3) is 6.08 Å². The summed E-state index contributed by atoms with van der Waals surface area (Å²) in [5.74, 6) is -0.813. The number of halogens is 2. The molecule has 0 radical (unpaired) electrons. The maximum absolute atomic E-state index is 12.4. The van der Waals surface area contributed by atoms with Crippen LogP contribution < -0.4 is 10.4 Å². The summed E-state index contributed by atoms with van der Waals surface area (Å²) < 4.78 is 1.05. The van der Waals surface area contributed by atoms with E-state index >= 15 is 0 Å². The third kappa shape index (κ3) is 3.52. The fourth-order valence-electron chi connectivity index (χ4n) is 2.21. The highest BCUT2D eigenvalue weighted by Gasteiger charge is 2.33. The number of amides is 2. The summed E-state index contributed by atoms with van der Waals surface area (Å²) in [6, 6.07) is 14.6. The Kier molecular flexibility index (Phi) is 5.01. The smallest absolute Gasteiger partial charge is 0.267 e. The van der Waals surface area contributed by atoms with E-state index in [1.165, 1.54) is 11.1 Å². The first-order valence-electron chi connectivity index (χ1n) is 7.10. The fourth-order valence-corrected chi connectivity index (χ4v) is 2.77. The normalized spacial score (nSPS) is 16.2. The number of hydrogen-bond donors (Lipinski definition) is 1. The van der Waals surface area contributed by atoms with Crippen molar-refractivity contribution < 1.29 is 9.59 Å². The van der Waals surface area contributed by atoms with E-state index in [1.807, 2.05) is 30.3 Å². The average Bonchev–Trinajstić information content (AvgIpc) is 2.85. The Morgan fingerprint density at radius 2 is 1.75 bits per heavy atom.